The summed E-state index contributed by atoms with van der Waals surface area (Å²) in [7, 11) is 1.48. The second-order valence-corrected chi connectivity index (χ2v) is 3.74. The summed E-state index contributed by atoms with van der Waals surface area (Å²) in [6, 6.07) is 0. The van der Waals surface area contributed by atoms with Crippen LogP contribution >= 0.6 is 0 Å². The molecule has 0 spiro atoms. The van der Waals surface area contributed by atoms with Crippen molar-refractivity contribution < 1.29 is 10.2 Å². The largest absolute Gasteiger partial charge is 0.394 e. The maximum atomic E-state index is 11.5. The van der Waals surface area contributed by atoms with Crippen LogP contribution in [-0.4, -0.2) is 42.4 Å². The van der Waals surface area contributed by atoms with Crippen molar-refractivity contribution in [2.45, 2.75) is 12.5 Å². The number of aromatic amines is 2. The first kappa shape index (κ1) is 11.6. The number of imidazole rings is 1. The summed E-state index contributed by atoms with van der Waals surface area (Å²) in [5.74, 6) is 0.341. The normalized spacial score (nSPS) is 13.1. The molecule has 0 saturated heterocycles. The number of hydrogen-bond donors (Lipinski definition) is 4. The summed E-state index contributed by atoms with van der Waals surface area (Å²) in [4.78, 5) is 31.7. The fraction of sp³-hybridized carbons (Fsp3) is 0.444. The minimum atomic E-state index is -0.952. The molecule has 1 unspecified atom stereocenters. The molecule has 0 fully saturated rings. The van der Waals surface area contributed by atoms with E-state index in [2.05, 4.69) is 15.0 Å². The number of H-pyrrole nitrogens is 2. The van der Waals surface area contributed by atoms with Gasteiger partial charge in [-0.15, -0.1) is 0 Å². The Balaban J connectivity index is 2.58. The predicted molar refractivity (Wildman–Crippen MR) is 58.8 cm³/mol. The molecule has 0 aliphatic rings. The van der Waals surface area contributed by atoms with Gasteiger partial charge >= 0.3 is 5.69 Å². The molecule has 4 N–H and O–H groups in total. The van der Waals surface area contributed by atoms with Crippen LogP contribution in [0.3, 0.4) is 0 Å². The Morgan fingerprint density at radius 2 is 2.12 bits per heavy atom. The number of nitrogens with zero attached hydrogens (tertiary/aromatic N) is 2. The Morgan fingerprint density at radius 3 is 2.76 bits per heavy atom. The lowest BCUT2D eigenvalue weighted by Crippen LogP contribution is -2.28. The summed E-state index contributed by atoms with van der Waals surface area (Å²) >= 11 is 0. The molecule has 0 aromatic carbocycles. The fourth-order valence-corrected chi connectivity index (χ4v) is 1.54. The monoisotopic (exact) mass is 240 g/mol. The zero-order chi connectivity index (χ0) is 12.6. The first-order valence-electron chi connectivity index (χ1n) is 4.99. The second kappa shape index (κ2) is 4.15. The molecule has 0 aliphatic heterocycles. The van der Waals surface area contributed by atoms with Crippen LogP contribution in [0.2, 0.25) is 0 Å². The third-order valence-corrected chi connectivity index (χ3v) is 2.44. The van der Waals surface area contributed by atoms with Gasteiger partial charge in [-0.2, -0.15) is 0 Å². The van der Waals surface area contributed by atoms with E-state index in [1.165, 1.54) is 11.6 Å². The van der Waals surface area contributed by atoms with Crippen LogP contribution in [0.1, 0.15) is 5.82 Å². The molecule has 0 radical (unpaired) electrons. The second-order valence-electron chi connectivity index (χ2n) is 3.74. The zero-order valence-electron chi connectivity index (χ0n) is 9.10. The SMILES string of the molecule is Cn1c(=O)[nH]c(=O)c2[nH]c(CC(O)CO)nc21. The molecule has 2 aromatic rings. The molecule has 8 nitrogen and oxygen atoms in total. The van der Waals surface area contributed by atoms with Crippen LogP contribution in [0, 0.1) is 0 Å². The zero-order valence-corrected chi connectivity index (χ0v) is 9.10. The maximum absolute atomic E-state index is 11.5. The van der Waals surface area contributed by atoms with Crippen molar-refractivity contribution in [3.8, 4) is 0 Å². The summed E-state index contributed by atoms with van der Waals surface area (Å²) in [6.45, 7) is -0.396. The molecule has 0 bridgehead atoms. The number of aromatic nitrogens is 4. The molecule has 0 aliphatic carbocycles. The highest BCUT2D eigenvalue weighted by molar-refractivity contribution is 5.69. The number of rotatable bonds is 3. The third kappa shape index (κ3) is 1.99. The van der Waals surface area contributed by atoms with E-state index < -0.39 is 24.0 Å². The van der Waals surface area contributed by atoms with E-state index in [9.17, 15) is 14.7 Å². The van der Waals surface area contributed by atoms with Crippen molar-refractivity contribution >= 4 is 11.2 Å². The van der Waals surface area contributed by atoms with E-state index in [0.29, 0.717) is 5.82 Å². The Hall–Kier alpha value is -1.93. The number of hydrogen-bond acceptors (Lipinski definition) is 5. The summed E-state index contributed by atoms with van der Waals surface area (Å²) in [5, 5.41) is 18.0. The first-order chi connectivity index (χ1) is 8.02. The van der Waals surface area contributed by atoms with Gasteiger partial charge in [-0.3, -0.25) is 14.3 Å². The van der Waals surface area contributed by atoms with Gasteiger partial charge in [-0.1, -0.05) is 0 Å². The highest BCUT2D eigenvalue weighted by Crippen LogP contribution is 2.05. The number of aliphatic hydroxyl groups is 2. The highest BCUT2D eigenvalue weighted by atomic mass is 16.3. The molecule has 0 amide bonds. The average molecular weight is 240 g/mol. The molecule has 92 valence electrons. The molecule has 2 rings (SSSR count). The number of aryl methyl sites for hydroxylation is 1. The van der Waals surface area contributed by atoms with Gasteiger partial charge in [0.25, 0.3) is 5.56 Å². The lowest BCUT2D eigenvalue weighted by Gasteiger charge is -2.02. The summed E-state index contributed by atoms with van der Waals surface area (Å²) in [6.07, 6.45) is -0.870. The van der Waals surface area contributed by atoms with Crippen LogP contribution in [0.4, 0.5) is 0 Å². The molecule has 1 atom stereocenters. The summed E-state index contributed by atoms with van der Waals surface area (Å²) in [5.41, 5.74) is -0.713. The van der Waals surface area contributed by atoms with Crippen LogP contribution in [0.15, 0.2) is 9.59 Å². The Morgan fingerprint density at radius 1 is 1.41 bits per heavy atom. The molecular weight excluding hydrogens is 228 g/mol. The third-order valence-electron chi connectivity index (χ3n) is 2.44. The van der Waals surface area contributed by atoms with E-state index in [4.69, 9.17) is 5.11 Å². The molecule has 0 saturated carbocycles. The Labute approximate surface area is 94.6 Å². The molecule has 2 heterocycles. The van der Waals surface area contributed by atoms with Crippen LogP contribution < -0.4 is 11.2 Å². The standard InChI is InChI=1S/C9H12N4O4/c1-13-7-6(8(16)12-9(13)17)10-5(11-7)2-4(15)3-14/h4,14-15H,2-3H2,1H3,(H,10,11)(H,12,16,17). The number of aliphatic hydroxyl groups excluding tert-OH is 2. The van der Waals surface area contributed by atoms with E-state index in [-0.39, 0.29) is 17.6 Å². The number of nitrogens with one attached hydrogen (secondary N) is 2. The maximum Gasteiger partial charge on any atom is 0.329 e. The van der Waals surface area contributed by atoms with Crippen molar-refractivity contribution in [3.05, 3.63) is 26.7 Å². The average Bonchev–Trinajstić information content (AvgIpc) is 2.70. The van der Waals surface area contributed by atoms with Crippen molar-refractivity contribution in [2.24, 2.45) is 7.05 Å². The van der Waals surface area contributed by atoms with E-state index in [1.54, 1.807) is 0 Å². The van der Waals surface area contributed by atoms with Crippen LogP contribution in [0.5, 0.6) is 0 Å². The van der Waals surface area contributed by atoms with Gasteiger partial charge in [-0.25, -0.2) is 9.78 Å². The van der Waals surface area contributed by atoms with Crippen LogP contribution in [0.25, 0.3) is 11.2 Å². The Bertz CT molecular complexity index is 653. The van der Waals surface area contributed by atoms with Crippen molar-refractivity contribution in [3.63, 3.8) is 0 Å². The molecule has 17 heavy (non-hydrogen) atoms. The van der Waals surface area contributed by atoms with Crippen molar-refractivity contribution in [1.82, 2.24) is 19.5 Å². The van der Waals surface area contributed by atoms with Crippen LogP contribution in [-0.2, 0) is 13.5 Å². The van der Waals surface area contributed by atoms with E-state index >= 15 is 0 Å². The minimum absolute atomic E-state index is 0.0822. The predicted octanol–water partition coefficient (Wildman–Crippen LogP) is -2.15. The lowest BCUT2D eigenvalue weighted by molar-refractivity contribution is 0.0941. The van der Waals surface area contributed by atoms with Gasteiger partial charge in [-0.05, 0) is 0 Å². The van der Waals surface area contributed by atoms with Gasteiger partial charge in [0.2, 0.25) is 0 Å². The fourth-order valence-electron chi connectivity index (χ4n) is 1.54. The molecular formula is C9H12N4O4. The van der Waals surface area contributed by atoms with E-state index in [0.717, 1.165) is 0 Å². The summed E-state index contributed by atoms with van der Waals surface area (Å²) < 4.78 is 1.20. The Kier molecular flexibility index (Phi) is 2.82. The number of fused-ring (bicyclic) bond motifs is 1. The molecule has 8 heteroatoms. The van der Waals surface area contributed by atoms with Gasteiger partial charge in [0.15, 0.2) is 5.65 Å². The topological polar surface area (TPSA) is 124 Å². The molecule has 2 aromatic heterocycles. The van der Waals surface area contributed by atoms with Gasteiger partial charge in [0.05, 0.1) is 12.7 Å². The van der Waals surface area contributed by atoms with Crippen molar-refractivity contribution in [2.75, 3.05) is 6.61 Å². The van der Waals surface area contributed by atoms with Gasteiger partial charge in [0.1, 0.15) is 11.3 Å². The first-order valence-corrected chi connectivity index (χ1v) is 4.99. The quantitative estimate of drug-likeness (QED) is 0.486. The van der Waals surface area contributed by atoms with Gasteiger partial charge < -0.3 is 15.2 Å². The van der Waals surface area contributed by atoms with E-state index in [1.807, 2.05) is 0 Å². The van der Waals surface area contributed by atoms with Crippen molar-refractivity contribution in [1.29, 1.82) is 0 Å². The minimum Gasteiger partial charge on any atom is -0.394 e. The van der Waals surface area contributed by atoms with Gasteiger partial charge in [0, 0.05) is 13.5 Å². The lowest BCUT2D eigenvalue weighted by atomic mass is 10.2. The highest BCUT2D eigenvalue weighted by Gasteiger charge is 2.13. The smallest absolute Gasteiger partial charge is 0.329 e.